The highest BCUT2D eigenvalue weighted by Gasteiger charge is 2.27. The first-order valence-corrected chi connectivity index (χ1v) is 19.1. The van der Waals surface area contributed by atoms with Crippen LogP contribution >= 0.6 is 0 Å². The van der Waals surface area contributed by atoms with Gasteiger partial charge in [-0.25, -0.2) is 0 Å². The van der Waals surface area contributed by atoms with Gasteiger partial charge in [-0.05, 0) is 74.9 Å². The summed E-state index contributed by atoms with van der Waals surface area (Å²) < 4.78 is 0. The topological polar surface area (TPSA) is 196 Å². The summed E-state index contributed by atoms with van der Waals surface area (Å²) in [5.41, 5.74) is 2.24. The van der Waals surface area contributed by atoms with Crippen molar-refractivity contribution in [2.75, 3.05) is 0 Å². The van der Waals surface area contributed by atoms with Crippen LogP contribution in [-0.2, 0) is 0 Å². The van der Waals surface area contributed by atoms with Crippen molar-refractivity contribution in [3.8, 4) is 34.5 Å². The molecule has 6 aliphatic heterocycles. The van der Waals surface area contributed by atoms with E-state index in [1.165, 1.54) is 0 Å². The Hall–Kier alpha value is -5.52. The lowest BCUT2D eigenvalue weighted by Crippen LogP contribution is -2.27. The van der Waals surface area contributed by atoms with Gasteiger partial charge in [0.1, 0.15) is 0 Å². The summed E-state index contributed by atoms with van der Waals surface area (Å²) in [4.78, 5) is 28.6. The molecule has 3 saturated carbocycles. The van der Waals surface area contributed by atoms with E-state index in [9.17, 15) is 30.6 Å². The molecule has 3 fully saturated rings. The zero-order chi connectivity index (χ0) is 37.6. The number of aromatic hydroxyl groups is 6. The lowest BCUT2D eigenvalue weighted by molar-refractivity contribution is 0.387. The van der Waals surface area contributed by atoms with E-state index in [-0.39, 0.29) is 70.7 Å². The summed E-state index contributed by atoms with van der Waals surface area (Å²) in [5, 5.41) is 65.6. The first-order valence-electron chi connectivity index (χ1n) is 19.1. The van der Waals surface area contributed by atoms with Gasteiger partial charge in [-0.1, -0.05) is 38.5 Å². The molecule has 3 aromatic carbocycles. The van der Waals surface area contributed by atoms with Crippen molar-refractivity contribution in [3.05, 3.63) is 69.8 Å². The van der Waals surface area contributed by atoms with E-state index in [1.807, 2.05) is 0 Å². The highest BCUT2D eigenvalue weighted by atomic mass is 16.3. The maximum absolute atomic E-state index is 10.9. The molecule has 9 aliphatic rings. The van der Waals surface area contributed by atoms with Gasteiger partial charge in [0, 0.05) is 70.7 Å². The van der Waals surface area contributed by atoms with Crippen molar-refractivity contribution < 1.29 is 30.6 Å². The number of phenols is 6. The molecule has 3 aliphatic carbocycles. The van der Waals surface area contributed by atoms with Crippen molar-refractivity contribution in [3.63, 3.8) is 0 Å². The SMILES string of the molecule is Oc1c2ccc(c1O)C=N[C@@H]1CCCC[C@H]1N=Cc1ccc(c(O)c1O)C=N[C@@H]1CCCC[C@H]1N=Cc1ccc(c(O)c1O)C=N[C@@H]1CCCC[C@H]1N=C2. The van der Waals surface area contributed by atoms with E-state index in [0.717, 1.165) is 77.0 Å². The van der Waals surface area contributed by atoms with Crippen molar-refractivity contribution in [1.29, 1.82) is 0 Å². The molecule has 12 nitrogen and oxygen atoms in total. The van der Waals surface area contributed by atoms with Crippen LogP contribution in [0.1, 0.15) is 110 Å². The Balaban J connectivity index is 1.24. The van der Waals surface area contributed by atoms with E-state index in [4.69, 9.17) is 30.0 Å². The molecule has 0 spiro atoms. The fourth-order valence-corrected chi connectivity index (χ4v) is 7.83. The van der Waals surface area contributed by atoms with Gasteiger partial charge in [-0.2, -0.15) is 0 Å². The van der Waals surface area contributed by atoms with E-state index in [1.54, 1.807) is 73.7 Å². The number of nitrogens with zero attached hydrogens (tertiary/aromatic N) is 6. The number of rotatable bonds is 0. The normalized spacial score (nSPS) is 26.0. The Morgan fingerprint density at radius 1 is 0.278 bits per heavy atom. The number of benzene rings is 3. The van der Waals surface area contributed by atoms with Crippen LogP contribution in [0, 0.1) is 0 Å². The van der Waals surface area contributed by atoms with Crippen LogP contribution < -0.4 is 0 Å². The Bertz CT molecular complexity index is 1650. The van der Waals surface area contributed by atoms with Gasteiger partial charge < -0.3 is 30.6 Å². The summed E-state index contributed by atoms with van der Waals surface area (Å²) in [5.74, 6) is -1.73. The number of aliphatic imine (C=N–C) groups is 6. The molecule has 54 heavy (non-hydrogen) atoms. The van der Waals surface area contributed by atoms with Crippen molar-refractivity contribution >= 4 is 37.3 Å². The molecule has 0 radical (unpaired) electrons. The van der Waals surface area contributed by atoms with E-state index in [2.05, 4.69) is 0 Å². The molecule has 6 N–H and O–H groups in total. The average molecular weight is 733 g/mol. The Morgan fingerprint density at radius 2 is 0.426 bits per heavy atom. The molecular formula is C42H48N6O6. The highest BCUT2D eigenvalue weighted by Crippen LogP contribution is 2.36. The van der Waals surface area contributed by atoms with Crippen LogP contribution in [0.25, 0.3) is 0 Å². The van der Waals surface area contributed by atoms with E-state index < -0.39 is 0 Å². The standard InChI is InChI=1S/C42H48N6O6/c49-37-25-13-14-27(39(37)51)21-45-33-9-3-4-10-34(33)47-23-29-17-18-30(42(54)41(29)53)24-48-36-12-6-5-11-35(36)46-22-28-16-15-26(38(50)40(28)52)20-44-32-8-2-1-7-31(32)43-19-25/h13-24,31-36,49-54H,1-12H2/t31-,32-,33-,34-,35-,36-/m1/s1. The molecule has 6 atom stereocenters. The van der Waals surface area contributed by atoms with Crippen LogP contribution in [0.4, 0.5) is 0 Å². The second-order valence-corrected chi connectivity index (χ2v) is 14.8. The number of hydrogen-bond acceptors (Lipinski definition) is 12. The van der Waals surface area contributed by atoms with Gasteiger partial charge in [0.25, 0.3) is 0 Å². The summed E-state index contributed by atoms with van der Waals surface area (Å²) in [7, 11) is 0. The molecule has 12 heteroatoms. The second kappa shape index (κ2) is 16.7. The fourth-order valence-electron chi connectivity index (χ4n) is 7.83. The maximum atomic E-state index is 10.9. The quantitative estimate of drug-likeness (QED) is 0.138. The average Bonchev–Trinajstić information content (AvgIpc) is 3.19. The predicted molar refractivity (Wildman–Crippen MR) is 213 cm³/mol. The van der Waals surface area contributed by atoms with E-state index >= 15 is 0 Å². The molecule has 12 rings (SSSR count). The minimum Gasteiger partial charge on any atom is -0.504 e. The number of phenolic OH excluding ortho intramolecular Hbond substituents is 6. The van der Waals surface area contributed by atoms with Gasteiger partial charge in [0.05, 0.1) is 36.3 Å². The minimum atomic E-state index is -0.289. The largest absolute Gasteiger partial charge is 0.504 e. The summed E-state index contributed by atoms with van der Waals surface area (Å²) in [6.45, 7) is 0. The maximum Gasteiger partial charge on any atom is 0.167 e. The van der Waals surface area contributed by atoms with Crippen LogP contribution in [0.15, 0.2) is 66.4 Å². The third kappa shape index (κ3) is 8.17. The molecule has 0 saturated heterocycles. The van der Waals surface area contributed by atoms with Crippen LogP contribution in [0.2, 0.25) is 0 Å². The lowest BCUT2D eigenvalue weighted by Gasteiger charge is -2.26. The smallest absolute Gasteiger partial charge is 0.167 e. The molecule has 0 amide bonds. The molecule has 282 valence electrons. The van der Waals surface area contributed by atoms with Crippen molar-refractivity contribution in [1.82, 2.24) is 0 Å². The summed E-state index contributed by atoms with van der Waals surface area (Å²) in [6.07, 6.45) is 20.1. The van der Waals surface area contributed by atoms with Crippen LogP contribution in [-0.4, -0.2) is 104 Å². The minimum absolute atomic E-state index is 0.168. The van der Waals surface area contributed by atoms with Crippen LogP contribution in [0.3, 0.4) is 0 Å². The second-order valence-electron chi connectivity index (χ2n) is 14.8. The third-order valence-electron chi connectivity index (χ3n) is 11.2. The molecule has 6 bridgehead atoms. The zero-order valence-corrected chi connectivity index (χ0v) is 30.2. The van der Waals surface area contributed by atoms with Crippen LogP contribution in [0.5, 0.6) is 34.5 Å². The Kier molecular flexibility index (Phi) is 11.4. The Morgan fingerprint density at radius 3 is 0.574 bits per heavy atom. The molecule has 0 aromatic heterocycles. The van der Waals surface area contributed by atoms with Gasteiger partial charge in [-0.3, -0.25) is 30.0 Å². The number of hydrogen-bond donors (Lipinski definition) is 6. The summed E-state index contributed by atoms with van der Waals surface area (Å²) in [6, 6.07) is 9.16. The Labute approximate surface area is 314 Å². The van der Waals surface area contributed by atoms with Gasteiger partial charge >= 0.3 is 0 Å². The van der Waals surface area contributed by atoms with Gasteiger partial charge in [0.15, 0.2) is 34.5 Å². The molecule has 6 heterocycles. The van der Waals surface area contributed by atoms with Gasteiger partial charge in [0.2, 0.25) is 0 Å². The highest BCUT2D eigenvalue weighted by molar-refractivity contribution is 5.93. The molecule has 0 unspecified atom stereocenters. The first-order chi connectivity index (χ1) is 26.3. The van der Waals surface area contributed by atoms with E-state index in [0.29, 0.717) is 33.4 Å². The predicted octanol–water partition coefficient (Wildman–Crippen LogP) is 6.78. The molecule has 3 aromatic rings. The fraction of sp³-hybridized carbons (Fsp3) is 0.429. The first kappa shape index (κ1) is 36.8. The molecular weight excluding hydrogens is 684 g/mol. The summed E-state index contributed by atoms with van der Waals surface area (Å²) >= 11 is 0. The monoisotopic (exact) mass is 732 g/mol. The lowest BCUT2D eigenvalue weighted by atomic mass is 9.91. The van der Waals surface area contributed by atoms with Gasteiger partial charge in [-0.15, -0.1) is 0 Å². The zero-order valence-electron chi connectivity index (χ0n) is 30.2. The van der Waals surface area contributed by atoms with Crippen molar-refractivity contribution in [2.24, 2.45) is 30.0 Å². The van der Waals surface area contributed by atoms with Crippen molar-refractivity contribution in [2.45, 2.75) is 113 Å². The third-order valence-corrected chi connectivity index (χ3v) is 11.2.